The molecule has 1 aromatic heterocycles. The van der Waals surface area contributed by atoms with E-state index >= 15 is 0 Å². The van der Waals surface area contributed by atoms with E-state index in [1.54, 1.807) is 0 Å². The maximum atomic E-state index is 13.5. The predicted molar refractivity (Wildman–Crippen MR) is 127 cm³/mol. The summed E-state index contributed by atoms with van der Waals surface area (Å²) in [6, 6.07) is 7.77. The lowest BCUT2D eigenvalue weighted by molar-refractivity contribution is -0.133. The Balaban J connectivity index is 1.47. The minimum atomic E-state index is -0.515. The molecule has 0 unspecified atom stereocenters. The molecule has 1 aromatic carbocycles. The minimum Gasteiger partial charge on any atom is -0.441 e. The van der Waals surface area contributed by atoms with Gasteiger partial charge in [0.2, 0.25) is 5.91 Å². The Bertz CT molecular complexity index is 1010. The largest absolute Gasteiger partial charge is 0.441 e. The number of anilines is 2. The molecule has 2 aliphatic rings. The van der Waals surface area contributed by atoms with Crippen LogP contribution in [-0.2, 0) is 9.53 Å². The van der Waals surface area contributed by atoms with Crippen LogP contribution in [0.3, 0.4) is 0 Å². The molecule has 0 radical (unpaired) electrons. The van der Waals surface area contributed by atoms with Crippen LogP contribution in [0.25, 0.3) is 0 Å². The summed E-state index contributed by atoms with van der Waals surface area (Å²) < 4.78 is 5.30. The number of rotatable bonds is 6. The summed E-state index contributed by atoms with van der Waals surface area (Å²) in [6.07, 6.45) is 0.484. The summed E-state index contributed by atoms with van der Waals surface area (Å²) in [5.74, 6) is 1.02. The summed E-state index contributed by atoms with van der Waals surface area (Å²) in [5.41, 5.74) is 1.71. The average molecular weight is 473 g/mol. The fraction of sp³-hybridized carbons (Fsp3) is 0.478. The third-order valence-electron chi connectivity index (χ3n) is 5.97. The first-order chi connectivity index (χ1) is 15.8. The van der Waals surface area contributed by atoms with Gasteiger partial charge in [-0.05, 0) is 24.6 Å². The van der Waals surface area contributed by atoms with E-state index in [9.17, 15) is 9.59 Å². The van der Waals surface area contributed by atoms with E-state index in [2.05, 4.69) is 39.3 Å². The number of nitrogens with one attached hydrogen (secondary N) is 2. The second-order valence-electron chi connectivity index (χ2n) is 8.61. The number of carbonyl (C=O) groups is 2. The zero-order chi connectivity index (χ0) is 23.5. The van der Waals surface area contributed by atoms with E-state index in [4.69, 9.17) is 16.3 Å². The molecular weight excluding hydrogens is 444 g/mol. The Hall–Kier alpha value is -2.91. The Morgan fingerprint density at radius 3 is 2.58 bits per heavy atom. The third kappa shape index (κ3) is 5.20. The lowest BCUT2D eigenvalue weighted by atomic mass is 9.96. The van der Waals surface area contributed by atoms with Crippen LogP contribution in [0.1, 0.15) is 43.9 Å². The number of benzene rings is 1. The van der Waals surface area contributed by atoms with Gasteiger partial charge in [0.05, 0.1) is 11.5 Å². The van der Waals surface area contributed by atoms with E-state index in [0.29, 0.717) is 43.6 Å². The van der Waals surface area contributed by atoms with Gasteiger partial charge in [-0.25, -0.2) is 14.8 Å². The van der Waals surface area contributed by atoms with Crippen LogP contribution < -0.4 is 15.5 Å². The van der Waals surface area contributed by atoms with Gasteiger partial charge in [-0.1, -0.05) is 37.6 Å². The molecule has 2 aliphatic heterocycles. The van der Waals surface area contributed by atoms with Crippen molar-refractivity contribution in [1.29, 1.82) is 0 Å². The van der Waals surface area contributed by atoms with Gasteiger partial charge in [-0.2, -0.15) is 0 Å². The molecule has 2 N–H and O–H groups in total. The molecule has 0 saturated carbocycles. The van der Waals surface area contributed by atoms with Gasteiger partial charge in [0.25, 0.3) is 0 Å². The van der Waals surface area contributed by atoms with Crippen LogP contribution in [-0.4, -0.2) is 65.6 Å². The van der Waals surface area contributed by atoms with Gasteiger partial charge >= 0.3 is 6.09 Å². The van der Waals surface area contributed by atoms with Crippen molar-refractivity contribution in [3.8, 4) is 0 Å². The number of hydrogen-bond donors (Lipinski definition) is 2. The van der Waals surface area contributed by atoms with Gasteiger partial charge in [0.1, 0.15) is 24.1 Å². The van der Waals surface area contributed by atoms with Crippen molar-refractivity contribution in [1.82, 2.24) is 20.2 Å². The lowest BCUT2D eigenvalue weighted by Crippen LogP contribution is -2.51. The van der Waals surface area contributed by atoms with Gasteiger partial charge in [-0.3, -0.25) is 10.1 Å². The summed E-state index contributed by atoms with van der Waals surface area (Å²) in [5, 5.41) is 6.69. The number of hydrogen-bond acceptors (Lipinski definition) is 7. The fourth-order valence-electron chi connectivity index (χ4n) is 4.21. The number of nitrogens with zero attached hydrogens (tertiary/aromatic N) is 4. The number of fused-ring (bicyclic) bond motifs is 1. The number of amides is 2. The lowest BCUT2D eigenvalue weighted by Gasteiger charge is -2.38. The van der Waals surface area contributed by atoms with Crippen molar-refractivity contribution >= 4 is 35.2 Å². The van der Waals surface area contributed by atoms with Crippen LogP contribution in [0.5, 0.6) is 0 Å². The van der Waals surface area contributed by atoms with E-state index in [-0.39, 0.29) is 17.9 Å². The van der Waals surface area contributed by atoms with Crippen molar-refractivity contribution in [3.63, 3.8) is 0 Å². The second-order valence-corrected chi connectivity index (χ2v) is 9.05. The SMILES string of the molecule is CC(C)NC[C@@H](C(=O)N1CCN(c2ncnc3c2[C@@H](C)OC(=O)N3)CC1)c1ccc(Cl)cc1. The molecular formula is C23H29ClN6O3. The monoisotopic (exact) mass is 472 g/mol. The molecule has 33 heavy (non-hydrogen) atoms. The van der Waals surface area contributed by atoms with Crippen LogP contribution in [0.4, 0.5) is 16.4 Å². The first-order valence-corrected chi connectivity index (χ1v) is 11.6. The standard InChI is InChI=1S/C23H29ClN6O3/c1-14(2)25-12-18(16-4-6-17(24)7-5-16)22(31)30-10-8-29(9-11-30)21-19-15(3)33-23(32)28-20(19)26-13-27-21/h4-7,13-15,18,25H,8-12H2,1-3H3,(H,26,27,28,32)/t15-,18-/m1/s1. The predicted octanol–water partition coefficient (Wildman–Crippen LogP) is 3.18. The van der Waals surface area contributed by atoms with E-state index in [1.165, 1.54) is 6.33 Å². The van der Waals surface area contributed by atoms with Crippen molar-refractivity contribution in [2.75, 3.05) is 42.9 Å². The van der Waals surface area contributed by atoms with Crippen molar-refractivity contribution in [2.24, 2.45) is 0 Å². The Labute approximate surface area is 198 Å². The number of aromatic nitrogens is 2. The average Bonchev–Trinajstić information content (AvgIpc) is 2.79. The quantitative estimate of drug-likeness (QED) is 0.666. The highest BCUT2D eigenvalue weighted by Crippen LogP contribution is 2.35. The van der Waals surface area contributed by atoms with Crippen LogP contribution in [0, 0.1) is 0 Å². The first kappa shape index (κ1) is 23.3. The third-order valence-corrected chi connectivity index (χ3v) is 6.22. The smallest absolute Gasteiger partial charge is 0.413 e. The molecule has 3 heterocycles. The van der Waals surface area contributed by atoms with Gasteiger partial charge < -0.3 is 19.9 Å². The highest BCUT2D eigenvalue weighted by Gasteiger charge is 2.33. The molecule has 10 heteroatoms. The van der Waals surface area contributed by atoms with Gasteiger partial charge in [-0.15, -0.1) is 0 Å². The molecule has 0 spiro atoms. The van der Waals surface area contributed by atoms with Crippen molar-refractivity contribution in [2.45, 2.75) is 38.8 Å². The Morgan fingerprint density at radius 1 is 1.21 bits per heavy atom. The molecule has 0 aliphatic carbocycles. The number of cyclic esters (lactones) is 1. The highest BCUT2D eigenvalue weighted by molar-refractivity contribution is 6.30. The number of carbonyl (C=O) groups excluding carboxylic acids is 2. The Kier molecular flexibility index (Phi) is 6.99. The normalized spacial score (nSPS) is 19.1. The first-order valence-electron chi connectivity index (χ1n) is 11.2. The van der Waals surface area contributed by atoms with E-state index in [1.807, 2.05) is 36.1 Å². The fourth-order valence-corrected chi connectivity index (χ4v) is 4.34. The maximum Gasteiger partial charge on any atom is 0.413 e. The maximum absolute atomic E-state index is 13.5. The molecule has 0 bridgehead atoms. The Morgan fingerprint density at radius 2 is 1.91 bits per heavy atom. The topological polar surface area (TPSA) is 99.7 Å². The molecule has 1 saturated heterocycles. The number of piperazine rings is 1. The van der Waals surface area contributed by atoms with Crippen molar-refractivity contribution in [3.05, 3.63) is 46.7 Å². The molecule has 2 aromatic rings. The summed E-state index contributed by atoms with van der Waals surface area (Å²) in [7, 11) is 0. The molecule has 9 nitrogen and oxygen atoms in total. The number of ether oxygens (including phenoxy) is 1. The molecule has 176 valence electrons. The highest BCUT2D eigenvalue weighted by atomic mass is 35.5. The van der Waals surface area contributed by atoms with E-state index < -0.39 is 12.2 Å². The molecule has 2 amide bonds. The minimum absolute atomic E-state index is 0.0961. The summed E-state index contributed by atoms with van der Waals surface area (Å²) in [4.78, 5) is 37.8. The van der Waals surface area contributed by atoms with Gasteiger partial charge in [0.15, 0.2) is 0 Å². The van der Waals surface area contributed by atoms with Crippen LogP contribution in [0.2, 0.25) is 5.02 Å². The molecule has 4 rings (SSSR count). The van der Waals surface area contributed by atoms with Gasteiger partial charge in [0, 0.05) is 43.8 Å². The summed E-state index contributed by atoms with van der Waals surface area (Å²) in [6.45, 7) is 8.90. The zero-order valence-electron chi connectivity index (χ0n) is 19.0. The zero-order valence-corrected chi connectivity index (χ0v) is 19.8. The number of halogens is 1. The molecule has 1 fully saturated rings. The summed E-state index contributed by atoms with van der Waals surface area (Å²) >= 11 is 6.06. The molecule has 2 atom stereocenters. The van der Waals surface area contributed by atoms with Crippen LogP contribution in [0.15, 0.2) is 30.6 Å². The van der Waals surface area contributed by atoms with E-state index in [0.717, 1.165) is 16.9 Å². The van der Waals surface area contributed by atoms with Crippen molar-refractivity contribution < 1.29 is 14.3 Å². The second kappa shape index (κ2) is 9.93. The van der Waals surface area contributed by atoms with Crippen LogP contribution >= 0.6 is 11.6 Å².